The second kappa shape index (κ2) is 5.10. The molecule has 1 atom stereocenters. The van der Waals surface area contributed by atoms with Crippen LogP contribution in [0.3, 0.4) is 0 Å². The van der Waals surface area contributed by atoms with Crippen LogP contribution < -0.4 is 0 Å². The summed E-state index contributed by atoms with van der Waals surface area (Å²) in [5.74, 6) is -0.203. The van der Waals surface area contributed by atoms with E-state index in [4.69, 9.17) is 4.42 Å². The van der Waals surface area contributed by atoms with Crippen LogP contribution >= 0.6 is 31.9 Å². The zero-order valence-corrected chi connectivity index (χ0v) is 12.9. The summed E-state index contributed by atoms with van der Waals surface area (Å²) in [5, 5.41) is 1.53. The van der Waals surface area contributed by atoms with E-state index < -0.39 is 0 Å². The molecule has 0 bridgehead atoms. The fourth-order valence-electron chi connectivity index (χ4n) is 2.16. The minimum atomic E-state index is -0.203. The number of rotatable bonds is 2. The first-order valence-electron chi connectivity index (χ1n) is 5.72. The van der Waals surface area contributed by atoms with Crippen LogP contribution in [0.15, 0.2) is 57.8 Å². The highest BCUT2D eigenvalue weighted by atomic mass is 79.9. The van der Waals surface area contributed by atoms with Gasteiger partial charge in [0.2, 0.25) is 0 Å². The van der Waals surface area contributed by atoms with Crippen LogP contribution in [0.25, 0.3) is 10.8 Å². The maximum Gasteiger partial charge on any atom is 0.173 e. The van der Waals surface area contributed by atoms with Crippen LogP contribution in [0.5, 0.6) is 0 Å². The Morgan fingerprint density at radius 1 is 0.947 bits per heavy atom. The summed E-state index contributed by atoms with van der Waals surface area (Å²) >= 11 is 7.03. The molecule has 0 aliphatic rings. The van der Waals surface area contributed by atoms with Gasteiger partial charge in [-0.2, -0.15) is 0 Å². The number of benzene rings is 2. The highest BCUT2D eigenvalue weighted by Gasteiger charge is 2.18. The molecule has 96 valence electrons. The molecule has 0 spiro atoms. The first-order valence-corrected chi connectivity index (χ1v) is 7.43. The fraction of sp³-hybridized carbons (Fsp3) is 0.0667. The van der Waals surface area contributed by atoms with E-state index in [9.17, 15) is 4.39 Å². The molecule has 1 heterocycles. The Bertz CT molecular complexity index is 736. The van der Waals surface area contributed by atoms with Gasteiger partial charge in [0.05, 0.1) is 11.1 Å². The van der Waals surface area contributed by atoms with Crippen LogP contribution in [0.1, 0.15) is 16.0 Å². The van der Waals surface area contributed by atoms with Crippen LogP contribution in [0.2, 0.25) is 0 Å². The predicted octanol–water partition coefficient (Wildman–Crippen LogP) is 5.82. The van der Waals surface area contributed by atoms with E-state index in [-0.39, 0.29) is 10.6 Å². The van der Waals surface area contributed by atoms with Gasteiger partial charge in [0, 0.05) is 10.9 Å². The predicted molar refractivity (Wildman–Crippen MR) is 81.1 cm³/mol. The molecule has 0 amide bonds. The van der Waals surface area contributed by atoms with Crippen molar-refractivity contribution in [1.29, 1.82) is 0 Å². The van der Waals surface area contributed by atoms with Gasteiger partial charge < -0.3 is 4.42 Å². The molecule has 0 saturated carbocycles. The Morgan fingerprint density at radius 3 is 2.37 bits per heavy atom. The minimum absolute atomic E-state index is 0.0499. The van der Waals surface area contributed by atoms with Crippen LogP contribution in [0.4, 0.5) is 4.39 Å². The number of alkyl halides is 1. The molecule has 19 heavy (non-hydrogen) atoms. The number of hydrogen-bond donors (Lipinski definition) is 0. The maximum absolute atomic E-state index is 13.8. The summed E-state index contributed by atoms with van der Waals surface area (Å²) in [5.41, 5.74) is 2.00. The van der Waals surface area contributed by atoms with Gasteiger partial charge in [-0.05, 0) is 39.0 Å². The quantitative estimate of drug-likeness (QED) is 0.508. The van der Waals surface area contributed by atoms with Gasteiger partial charge in [0.15, 0.2) is 4.67 Å². The lowest BCUT2D eigenvalue weighted by atomic mass is 9.99. The van der Waals surface area contributed by atoms with Crippen molar-refractivity contribution in [2.45, 2.75) is 4.83 Å². The molecule has 0 aliphatic carbocycles. The molecule has 2 aromatic carbocycles. The molecule has 0 N–H and O–H groups in total. The average Bonchev–Trinajstić information content (AvgIpc) is 2.85. The van der Waals surface area contributed by atoms with E-state index >= 15 is 0 Å². The Hall–Kier alpha value is -1.13. The molecule has 1 aromatic heterocycles. The first-order chi connectivity index (χ1) is 9.18. The topological polar surface area (TPSA) is 13.1 Å². The molecule has 3 rings (SSSR count). The van der Waals surface area contributed by atoms with E-state index in [1.54, 1.807) is 18.4 Å². The number of halogens is 3. The second-order valence-electron chi connectivity index (χ2n) is 4.19. The Kier molecular flexibility index (Phi) is 3.46. The van der Waals surface area contributed by atoms with Crippen molar-refractivity contribution in [3.8, 4) is 0 Å². The van der Waals surface area contributed by atoms with Crippen molar-refractivity contribution in [3.05, 3.63) is 70.3 Å². The standard InChI is InChI=1S/C15H9Br2FO/c16-14(12-7-8-19-15(12)17)11-5-6-13(18)10-4-2-1-3-9(10)11/h1-8,14H. The Balaban J connectivity index is 2.21. The average molecular weight is 384 g/mol. The Morgan fingerprint density at radius 2 is 1.68 bits per heavy atom. The molecule has 1 unspecified atom stereocenters. The molecule has 0 saturated heterocycles. The monoisotopic (exact) mass is 382 g/mol. The molecule has 0 radical (unpaired) electrons. The van der Waals surface area contributed by atoms with Crippen molar-refractivity contribution in [2.24, 2.45) is 0 Å². The van der Waals surface area contributed by atoms with E-state index in [1.165, 1.54) is 6.07 Å². The zero-order valence-electron chi connectivity index (χ0n) is 9.74. The molecule has 4 heteroatoms. The molecular weight excluding hydrogens is 375 g/mol. The zero-order chi connectivity index (χ0) is 13.4. The van der Waals surface area contributed by atoms with E-state index in [0.717, 1.165) is 16.5 Å². The smallest absolute Gasteiger partial charge is 0.173 e. The van der Waals surface area contributed by atoms with Crippen LogP contribution in [0, 0.1) is 5.82 Å². The van der Waals surface area contributed by atoms with Crippen LogP contribution in [-0.2, 0) is 0 Å². The third-order valence-electron chi connectivity index (χ3n) is 3.10. The largest absolute Gasteiger partial charge is 0.457 e. The molecule has 0 fully saturated rings. The van der Waals surface area contributed by atoms with Crippen molar-refractivity contribution < 1.29 is 8.81 Å². The van der Waals surface area contributed by atoms with Crippen molar-refractivity contribution in [3.63, 3.8) is 0 Å². The number of hydrogen-bond acceptors (Lipinski definition) is 1. The van der Waals surface area contributed by atoms with E-state index in [2.05, 4.69) is 31.9 Å². The van der Waals surface area contributed by atoms with Crippen molar-refractivity contribution in [1.82, 2.24) is 0 Å². The van der Waals surface area contributed by atoms with Gasteiger partial charge in [0.1, 0.15) is 5.82 Å². The molecule has 1 nitrogen and oxygen atoms in total. The number of furan rings is 1. The normalized spacial score (nSPS) is 12.8. The molecule has 3 aromatic rings. The maximum atomic E-state index is 13.8. The number of fused-ring (bicyclic) bond motifs is 1. The third-order valence-corrected chi connectivity index (χ3v) is 4.73. The van der Waals surface area contributed by atoms with Gasteiger partial charge >= 0.3 is 0 Å². The first kappa shape index (κ1) is 12.9. The van der Waals surface area contributed by atoms with Crippen molar-refractivity contribution in [2.75, 3.05) is 0 Å². The van der Waals surface area contributed by atoms with Gasteiger partial charge in [-0.3, -0.25) is 0 Å². The van der Waals surface area contributed by atoms with E-state index in [1.807, 2.05) is 24.3 Å². The summed E-state index contributed by atoms with van der Waals surface area (Å²) in [6.45, 7) is 0. The second-order valence-corrected chi connectivity index (χ2v) is 5.83. The van der Waals surface area contributed by atoms with Crippen LogP contribution in [-0.4, -0.2) is 0 Å². The molecule has 0 aliphatic heterocycles. The van der Waals surface area contributed by atoms with Gasteiger partial charge in [-0.25, -0.2) is 4.39 Å². The third kappa shape index (κ3) is 2.23. The van der Waals surface area contributed by atoms with E-state index in [0.29, 0.717) is 10.1 Å². The van der Waals surface area contributed by atoms with Crippen molar-refractivity contribution >= 4 is 42.6 Å². The highest BCUT2D eigenvalue weighted by molar-refractivity contribution is 9.10. The van der Waals surface area contributed by atoms with Gasteiger partial charge in [-0.1, -0.05) is 46.3 Å². The lowest BCUT2D eigenvalue weighted by Crippen LogP contribution is -1.94. The summed E-state index contributed by atoms with van der Waals surface area (Å²) in [7, 11) is 0. The lowest BCUT2D eigenvalue weighted by Gasteiger charge is -2.12. The van der Waals surface area contributed by atoms with Gasteiger partial charge in [0.25, 0.3) is 0 Å². The minimum Gasteiger partial charge on any atom is -0.457 e. The van der Waals surface area contributed by atoms with Gasteiger partial charge in [-0.15, -0.1) is 0 Å². The SMILES string of the molecule is Fc1ccc(C(Br)c2ccoc2Br)c2ccccc12. The lowest BCUT2D eigenvalue weighted by molar-refractivity contribution is 0.537. The summed E-state index contributed by atoms with van der Waals surface area (Å²) in [4.78, 5) is -0.0499. The summed E-state index contributed by atoms with van der Waals surface area (Å²) in [6, 6.07) is 12.7. The summed E-state index contributed by atoms with van der Waals surface area (Å²) < 4.78 is 19.7. The fourth-order valence-corrected chi connectivity index (χ4v) is 3.69. The molecular formula is C15H9Br2FO. The Labute approximate surface area is 126 Å². The summed E-state index contributed by atoms with van der Waals surface area (Å²) in [6.07, 6.45) is 1.62. The highest BCUT2D eigenvalue weighted by Crippen LogP contribution is 2.39.